The summed E-state index contributed by atoms with van der Waals surface area (Å²) in [6.45, 7) is 0. The number of aliphatic hydroxyl groups is 1. The van der Waals surface area contributed by atoms with Gasteiger partial charge in [0.25, 0.3) is 0 Å². The van der Waals surface area contributed by atoms with Gasteiger partial charge in [-0.15, -0.1) is 0 Å². The zero-order chi connectivity index (χ0) is 9.42. The number of aliphatic hydroxyl groups excluding tert-OH is 1. The fourth-order valence-electron chi connectivity index (χ4n) is 1.47. The Morgan fingerprint density at radius 1 is 1.54 bits per heavy atom. The number of rotatable bonds is 0. The maximum atomic E-state index is 13.2. The zero-order valence-corrected chi connectivity index (χ0v) is 8.33. The van der Waals surface area contributed by atoms with Crippen molar-refractivity contribution in [3.63, 3.8) is 0 Å². The van der Waals surface area contributed by atoms with Crippen LogP contribution in [0.2, 0.25) is 5.02 Å². The minimum Gasteiger partial charge on any atom is -0.387 e. The van der Waals surface area contributed by atoms with Gasteiger partial charge in [-0.1, -0.05) is 11.6 Å². The van der Waals surface area contributed by atoms with E-state index in [4.69, 9.17) is 11.6 Å². The van der Waals surface area contributed by atoms with Gasteiger partial charge in [0.15, 0.2) is 0 Å². The fourth-order valence-corrected chi connectivity index (χ4v) is 2.78. The van der Waals surface area contributed by atoms with Crippen molar-refractivity contribution >= 4 is 23.4 Å². The van der Waals surface area contributed by atoms with Gasteiger partial charge >= 0.3 is 0 Å². The van der Waals surface area contributed by atoms with Crippen LogP contribution in [0.15, 0.2) is 12.1 Å². The Labute approximate surface area is 84.9 Å². The van der Waals surface area contributed by atoms with Crippen molar-refractivity contribution in [2.45, 2.75) is 11.9 Å². The standard InChI is InChI=1S/C9H8ClFOS/c10-6-1-2-7(11)5-3-13-4-8(12)9(5)6/h1-2,8,12H,3-4H2/t8-/m1/s1. The number of halogens is 2. The van der Waals surface area contributed by atoms with E-state index < -0.39 is 6.10 Å². The molecule has 1 N–H and O–H groups in total. The molecule has 1 atom stereocenters. The van der Waals surface area contributed by atoms with E-state index in [0.717, 1.165) is 0 Å². The quantitative estimate of drug-likeness (QED) is 0.723. The van der Waals surface area contributed by atoms with Crippen molar-refractivity contribution in [1.82, 2.24) is 0 Å². The highest BCUT2D eigenvalue weighted by atomic mass is 35.5. The third-order valence-electron chi connectivity index (χ3n) is 2.10. The van der Waals surface area contributed by atoms with Gasteiger partial charge in [-0.3, -0.25) is 0 Å². The molecule has 0 radical (unpaired) electrons. The van der Waals surface area contributed by atoms with Crippen LogP contribution >= 0.6 is 23.4 Å². The molecule has 0 aliphatic carbocycles. The van der Waals surface area contributed by atoms with Gasteiger partial charge in [0, 0.05) is 27.7 Å². The average Bonchev–Trinajstić information content (AvgIpc) is 2.12. The molecule has 1 heterocycles. The van der Waals surface area contributed by atoms with Gasteiger partial charge in [0.05, 0.1) is 6.10 Å². The smallest absolute Gasteiger partial charge is 0.127 e. The Morgan fingerprint density at radius 2 is 2.31 bits per heavy atom. The van der Waals surface area contributed by atoms with E-state index in [1.807, 2.05) is 0 Å². The van der Waals surface area contributed by atoms with E-state index in [-0.39, 0.29) is 5.82 Å². The van der Waals surface area contributed by atoms with Gasteiger partial charge in [-0.25, -0.2) is 4.39 Å². The van der Waals surface area contributed by atoms with Crippen molar-refractivity contribution in [2.75, 3.05) is 5.75 Å². The first-order valence-electron chi connectivity index (χ1n) is 3.92. The first-order chi connectivity index (χ1) is 6.20. The summed E-state index contributed by atoms with van der Waals surface area (Å²) in [5.41, 5.74) is 1.12. The molecule has 1 aromatic rings. The zero-order valence-electron chi connectivity index (χ0n) is 6.76. The summed E-state index contributed by atoms with van der Waals surface area (Å²) in [6, 6.07) is 2.84. The van der Waals surface area contributed by atoms with Crippen LogP contribution in [0.1, 0.15) is 17.2 Å². The first-order valence-corrected chi connectivity index (χ1v) is 5.46. The molecule has 13 heavy (non-hydrogen) atoms. The Hall–Kier alpha value is -0.250. The molecule has 4 heteroatoms. The second-order valence-electron chi connectivity index (χ2n) is 2.95. The van der Waals surface area contributed by atoms with Crippen LogP contribution < -0.4 is 0 Å². The summed E-state index contributed by atoms with van der Waals surface area (Å²) < 4.78 is 13.2. The Morgan fingerprint density at radius 3 is 3.00 bits per heavy atom. The molecule has 0 saturated heterocycles. The number of benzene rings is 1. The highest BCUT2D eigenvalue weighted by molar-refractivity contribution is 7.98. The van der Waals surface area contributed by atoms with E-state index in [1.54, 1.807) is 0 Å². The van der Waals surface area contributed by atoms with Crippen LogP contribution in [0.3, 0.4) is 0 Å². The van der Waals surface area contributed by atoms with Gasteiger partial charge in [-0.05, 0) is 12.1 Å². The molecular formula is C9H8ClFOS. The van der Waals surface area contributed by atoms with Crippen LogP contribution in [-0.2, 0) is 5.75 Å². The van der Waals surface area contributed by atoms with Gasteiger partial charge < -0.3 is 5.11 Å². The van der Waals surface area contributed by atoms with Crippen molar-refractivity contribution in [3.8, 4) is 0 Å². The van der Waals surface area contributed by atoms with Gasteiger partial charge in [0.1, 0.15) is 5.82 Å². The number of thioether (sulfide) groups is 1. The summed E-state index contributed by atoms with van der Waals surface area (Å²) in [4.78, 5) is 0. The number of fused-ring (bicyclic) bond motifs is 1. The van der Waals surface area contributed by atoms with Crippen LogP contribution in [0.25, 0.3) is 0 Å². The maximum absolute atomic E-state index is 13.2. The van der Waals surface area contributed by atoms with E-state index in [0.29, 0.717) is 27.7 Å². The van der Waals surface area contributed by atoms with E-state index in [1.165, 1.54) is 23.9 Å². The second-order valence-corrected chi connectivity index (χ2v) is 4.39. The summed E-state index contributed by atoms with van der Waals surface area (Å²) in [5.74, 6) is 0.917. The lowest BCUT2D eigenvalue weighted by atomic mass is 10.0. The summed E-state index contributed by atoms with van der Waals surface area (Å²) in [7, 11) is 0. The average molecular weight is 219 g/mol. The lowest BCUT2D eigenvalue weighted by Gasteiger charge is -2.22. The van der Waals surface area contributed by atoms with Crippen molar-refractivity contribution in [2.24, 2.45) is 0 Å². The molecule has 70 valence electrons. The third kappa shape index (κ3) is 1.56. The Balaban J connectivity index is 2.60. The number of hydrogen-bond acceptors (Lipinski definition) is 2. The largest absolute Gasteiger partial charge is 0.387 e. The van der Waals surface area contributed by atoms with Crippen LogP contribution in [-0.4, -0.2) is 10.9 Å². The summed E-state index contributed by atoms with van der Waals surface area (Å²) >= 11 is 7.39. The monoisotopic (exact) mass is 218 g/mol. The predicted octanol–water partition coefficient (Wildman–Crippen LogP) is 2.76. The molecule has 0 aromatic heterocycles. The molecule has 0 unspecified atom stereocenters. The summed E-state index contributed by atoms with van der Waals surface area (Å²) in [5, 5.41) is 10.1. The highest BCUT2D eigenvalue weighted by Crippen LogP contribution is 2.37. The first kappa shape index (κ1) is 9.31. The molecule has 1 aliphatic heterocycles. The van der Waals surface area contributed by atoms with E-state index in [2.05, 4.69) is 0 Å². The predicted molar refractivity (Wildman–Crippen MR) is 52.5 cm³/mol. The van der Waals surface area contributed by atoms with Crippen LogP contribution in [0.5, 0.6) is 0 Å². The lowest BCUT2D eigenvalue weighted by Crippen LogP contribution is -2.12. The minimum atomic E-state index is -0.628. The SMILES string of the molecule is O[C@@H]1CSCc2c(F)ccc(Cl)c21. The van der Waals surface area contributed by atoms with Gasteiger partial charge in [-0.2, -0.15) is 11.8 Å². The summed E-state index contributed by atoms with van der Waals surface area (Å²) in [6.07, 6.45) is -0.628. The van der Waals surface area contributed by atoms with Crippen molar-refractivity contribution in [3.05, 3.63) is 34.1 Å². The topological polar surface area (TPSA) is 20.2 Å². The van der Waals surface area contributed by atoms with Crippen LogP contribution in [0.4, 0.5) is 4.39 Å². The molecule has 0 bridgehead atoms. The second kappa shape index (κ2) is 3.48. The molecule has 0 spiro atoms. The fraction of sp³-hybridized carbons (Fsp3) is 0.333. The third-order valence-corrected chi connectivity index (χ3v) is 3.48. The van der Waals surface area contributed by atoms with Crippen LogP contribution in [0, 0.1) is 5.82 Å². The molecule has 1 aromatic carbocycles. The van der Waals surface area contributed by atoms with Crippen molar-refractivity contribution in [1.29, 1.82) is 0 Å². The maximum Gasteiger partial charge on any atom is 0.127 e. The normalized spacial score (nSPS) is 21.3. The number of hydrogen-bond donors (Lipinski definition) is 1. The Bertz CT molecular complexity index is 343. The molecule has 1 aliphatic rings. The molecule has 0 amide bonds. The highest BCUT2D eigenvalue weighted by Gasteiger charge is 2.23. The van der Waals surface area contributed by atoms with Crippen molar-refractivity contribution < 1.29 is 9.50 Å². The molecule has 0 saturated carbocycles. The molecule has 2 rings (SSSR count). The minimum absolute atomic E-state index is 0.273. The van der Waals surface area contributed by atoms with Gasteiger partial charge in [0.2, 0.25) is 0 Å². The lowest BCUT2D eigenvalue weighted by molar-refractivity contribution is 0.201. The Kier molecular flexibility index (Phi) is 2.49. The molecule has 0 fully saturated rings. The van der Waals surface area contributed by atoms with E-state index >= 15 is 0 Å². The molecular weight excluding hydrogens is 211 g/mol. The molecule has 1 nitrogen and oxygen atoms in total. The van der Waals surface area contributed by atoms with E-state index in [9.17, 15) is 9.50 Å².